The van der Waals surface area contributed by atoms with Gasteiger partial charge in [0, 0.05) is 6.08 Å². The van der Waals surface area contributed by atoms with Gasteiger partial charge in [0.1, 0.15) is 6.10 Å². The van der Waals surface area contributed by atoms with Gasteiger partial charge in [0.05, 0.1) is 13.4 Å². The van der Waals surface area contributed by atoms with E-state index in [0.717, 1.165) is 0 Å². The number of allylic oxidation sites excluding steroid dienone is 1. The molecular weight excluding hydrogens is 152 g/mol. The van der Waals surface area contributed by atoms with Crippen molar-refractivity contribution < 1.29 is 9.84 Å². The van der Waals surface area contributed by atoms with Crippen molar-refractivity contribution in [2.75, 3.05) is 7.11 Å². The summed E-state index contributed by atoms with van der Waals surface area (Å²) in [4.78, 5) is 0. The van der Waals surface area contributed by atoms with E-state index in [1.165, 1.54) is 6.26 Å². The zero-order valence-electron chi connectivity index (χ0n) is 7.87. The summed E-state index contributed by atoms with van der Waals surface area (Å²) in [7, 11) is 1.56. The highest BCUT2D eigenvalue weighted by atomic mass is 16.5. The maximum atomic E-state index is 9.27. The fourth-order valence-corrected chi connectivity index (χ4v) is 0.752. The van der Waals surface area contributed by atoms with Crippen LogP contribution in [0.2, 0.25) is 0 Å². The molecule has 0 radical (unpaired) electrons. The maximum Gasteiger partial charge on any atom is 0.115 e. The van der Waals surface area contributed by atoms with E-state index in [2.05, 4.69) is 30.4 Å². The highest BCUT2D eigenvalue weighted by Gasteiger charge is 2.01. The van der Waals surface area contributed by atoms with Crippen molar-refractivity contribution in [3.8, 4) is 11.8 Å². The molecule has 0 bridgehead atoms. The van der Waals surface area contributed by atoms with Crippen LogP contribution in [-0.2, 0) is 4.74 Å². The lowest BCUT2D eigenvalue weighted by atomic mass is 10.1. The second-order valence-corrected chi connectivity index (χ2v) is 2.97. The molecule has 1 unspecified atom stereocenters. The lowest BCUT2D eigenvalue weighted by Crippen LogP contribution is -2.06. The minimum Gasteiger partial charge on any atom is -0.504 e. The van der Waals surface area contributed by atoms with E-state index in [1.54, 1.807) is 13.2 Å². The van der Waals surface area contributed by atoms with Crippen LogP contribution in [-0.4, -0.2) is 18.3 Å². The first-order valence-electron chi connectivity index (χ1n) is 4.03. The number of aliphatic hydroxyl groups is 1. The highest BCUT2D eigenvalue weighted by Crippen LogP contribution is 2.02. The smallest absolute Gasteiger partial charge is 0.115 e. The maximum absolute atomic E-state index is 9.27. The van der Waals surface area contributed by atoms with Gasteiger partial charge in [-0.05, 0) is 12.3 Å². The monoisotopic (exact) mass is 168 g/mol. The zero-order valence-corrected chi connectivity index (χ0v) is 7.87. The predicted molar refractivity (Wildman–Crippen MR) is 49.4 cm³/mol. The van der Waals surface area contributed by atoms with E-state index in [9.17, 15) is 5.11 Å². The fourth-order valence-electron chi connectivity index (χ4n) is 0.752. The summed E-state index contributed by atoms with van der Waals surface area (Å²) < 4.78 is 4.64. The Kier molecular flexibility index (Phi) is 6.22. The summed E-state index contributed by atoms with van der Waals surface area (Å²) in [6.45, 7) is 4.10. The molecule has 0 aliphatic carbocycles. The normalized spacial score (nSPS) is 12.8. The second-order valence-electron chi connectivity index (χ2n) is 2.97. The SMILES string of the molecule is CO/C=C/C#CC(O)CC(C)C. The molecule has 1 N–H and O–H groups in total. The molecule has 0 aliphatic heterocycles. The van der Waals surface area contributed by atoms with Crippen LogP contribution >= 0.6 is 0 Å². The molecule has 0 heterocycles. The van der Waals surface area contributed by atoms with Gasteiger partial charge in [-0.15, -0.1) is 0 Å². The Hall–Kier alpha value is -0.940. The van der Waals surface area contributed by atoms with Crippen molar-refractivity contribution in [2.45, 2.75) is 26.4 Å². The number of methoxy groups -OCH3 is 1. The first-order chi connectivity index (χ1) is 5.66. The molecule has 0 aliphatic rings. The molecule has 0 aromatic carbocycles. The van der Waals surface area contributed by atoms with Crippen LogP contribution in [0, 0.1) is 17.8 Å². The summed E-state index contributed by atoms with van der Waals surface area (Å²) in [5.74, 6) is 5.85. The molecule has 0 saturated heterocycles. The lowest BCUT2D eigenvalue weighted by molar-refractivity contribution is 0.204. The highest BCUT2D eigenvalue weighted by molar-refractivity contribution is 5.16. The van der Waals surface area contributed by atoms with Gasteiger partial charge in [0.15, 0.2) is 0 Å². The molecule has 2 nitrogen and oxygen atoms in total. The Morgan fingerprint density at radius 1 is 1.50 bits per heavy atom. The summed E-state index contributed by atoms with van der Waals surface area (Å²) >= 11 is 0. The molecule has 68 valence electrons. The van der Waals surface area contributed by atoms with Gasteiger partial charge in [-0.1, -0.05) is 25.7 Å². The first kappa shape index (κ1) is 11.1. The van der Waals surface area contributed by atoms with E-state index in [1.807, 2.05) is 0 Å². The second kappa shape index (κ2) is 6.75. The van der Waals surface area contributed by atoms with Crippen molar-refractivity contribution in [1.82, 2.24) is 0 Å². The predicted octanol–water partition coefficient (Wildman–Crippen LogP) is 1.56. The van der Waals surface area contributed by atoms with E-state index >= 15 is 0 Å². The molecule has 0 amide bonds. The molecule has 0 saturated carbocycles. The van der Waals surface area contributed by atoms with Crippen molar-refractivity contribution in [2.24, 2.45) is 5.92 Å². The number of hydrogen-bond acceptors (Lipinski definition) is 2. The molecular formula is C10H16O2. The van der Waals surface area contributed by atoms with Crippen molar-refractivity contribution in [1.29, 1.82) is 0 Å². The Morgan fingerprint density at radius 2 is 2.17 bits per heavy atom. The molecule has 1 atom stereocenters. The molecule has 0 aromatic rings. The minimum atomic E-state index is -0.522. The van der Waals surface area contributed by atoms with Crippen LogP contribution in [0.3, 0.4) is 0 Å². The van der Waals surface area contributed by atoms with Crippen molar-refractivity contribution in [3.63, 3.8) is 0 Å². The van der Waals surface area contributed by atoms with Crippen LogP contribution in [0.1, 0.15) is 20.3 Å². The third kappa shape index (κ3) is 7.17. The molecule has 0 spiro atoms. The van der Waals surface area contributed by atoms with Gasteiger partial charge >= 0.3 is 0 Å². The Balaban J connectivity index is 3.71. The number of rotatable bonds is 3. The largest absolute Gasteiger partial charge is 0.504 e. The minimum absolute atomic E-state index is 0.473. The van der Waals surface area contributed by atoms with E-state index in [0.29, 0.717) is 12.3 Å². The number of ether oxygens (including phenoxy) is 1. The van der Waals surface area contributed by atoms with E-state index in [-0.39, 0.29) is 0 Å². The number of hydrogen-bond donors (Lipinski definition) is 1. The Morgan fingerprint density at radius 3 is 2.67 bits per heavy atom. The molecule has 0 fully saturated rings. The summed E-state index contributed by atoms with van der Waals surface area (Å²) in [6.07, 6.45) is 3.25. The Bertz CT molecular complexity index is 184. The topological polar surface area (TPSA) is 29.5 Å². The molecule has 0 rings (SSSR count). The fraction of sp³-hybridized carbons (Fsp3) is 0.600. The van der Waals surface area contributed by atoms with Gasteiger partial charge in [0.2, 0.25) is 0 Å². The Labute approximate surface area is 74.2 Å². The van der Waals surface area contributed by atoms with Crippen LogP contribution < -0.4 is 0 Å². The lowest BCUT2D eigenvalue weighted by Gasteiger charge is -2.04. The molecule has 2 heteroatoms. The van der Waals surface area contributed by atoms with Gasteiger partial charge in [0.25, 0.3) is 0 Å². The van der Waals surface area contributed by atoms with Crippen molar-refractivity contribution in [3.05, 3.63) is 12.3 Å². The molecule has 12 heavy (non-hydrogen) atoms. The van der Waals surface area contributed by atoms with Gasteiger partial charge < -0.3 is 9.84 Å². The number of aliphatic hydroxyl groups excluding tert-OH is 1. The summed E-state index contributed by atoms with van der Waals surface area (Å²) in [5, 5.41) is 9.27. The van der Waals surface area contributed by atoms with Crippen LogP contribution in [0.5, 0.6) is 0 Å². The van der Waals surface area contributed by atoms with Gasteiger partial charge in [-0.2, -0.15) is 0 Å². The average Bonchev–Trinajstić information content (AvgIpc) is 1.97. The van der Waals surface area contributed by atoms with E-state index < -0.39 is 6.10 Å². The third-order valence-electron chi connectivity index (χ3n) is 1.23. The summed E-state index contributed by atoms with van der Waals surface area (Å²) in [6, 6.07) is 0. The van der Waals surface area contributed by atoms with Gasteiger partial charge in [-0.25, -0.2) is 0 Å². The standard InChI is InChI=1S/C10H16O2/c1-9(2)8-10(11)6-4-5-7-12-3/h5,7,9-11H,8H2,1-3H3/b7-5+. The third-order valence-corrected chi connectivity index (χ3v) is 1.23. The average molecular weight is 168 g/mol. The summed E-state index contributed by atoms with van der Waals surface area (Å²) in [5.41, 5.74) is 0. The van der Waals surface area contributed by atoms with Crippen molar-refractivity contribution >= 4 is 0 Å². The van der Waals surface area contributed by atoms with E-state index in [4.69, 9.17) is 0 Å². The first-order valence-corrected chi connectivity index (χ1v) is 4.03. The zero-order chi connectivity index (χ0) is 9.40. The van der Waals surface area contributed by atoms with Crippen LogP contribution in [0.25, 0.3) is 0 Å². The van der Waals surface area contributed by atoms with Crippen LogP contribution in [0.4, 0.5) is 0 Å². The van der Waals surface area contributed by atoms with Crippen LogP contribution in [0.15, 0.2) is 12.3 Å². The van der Waals surface area contributed by atoms with Gasteiger partial charge in [-0.3, -0.25) is 0 Å². The molecule has 0 aromatic heterocycles. The quantitative estimate of drug-likeness (QED) is 0.512.